The van der Waals surface area contributed by atoms with Gasteiger partial charge < -0.3 is 9.84 Å². The van der Waals surface area contributed by atoms with Gasteiger partial charge in [-0.2, -0.15) is 4.31 Å². The second kappa shape index (κ2) is 8.57. The van der Waals surface area contributed by atoms with Crippen LogP contribution in [-0.2, 0) is 10.0 Å². The Kier molecular flexibility index (Phi) is 5.59. The van der Waals surface area contributed by atoms with E-state index in [1.54, 1.807) is 13.8 Å². The number of hydrogen-bond donors (Lipinski definition) is 1. The third kappa shape index (κ3) is 4.09. The Morgan fingerprint density at radius 2 is 1.67 bits per heavy atom. The number of rotatable bonds is 5. The third-order valence-corrected chi connectivity index (χ3v) is 8.15. The molecule has 9 heteroatoms. The lowest BCUT2D eigenvalue weighted by Gasteiger charge is -2.31. The summed E-state index contributed by atoms with van der Waals surface area (Å²) in [5.41, 5.74) is 3.17. The molecule has 33 heavy (non-hydrogen) atoms. The summed E-state index contributed by atoms with van der Waals surface area (Å²) in [5, 5.41) is 8.23. The molecule has 0 saturated carbocycles. The van der Waals surface area contributed by atoms with Crippen LogP contribution in [0.3, 0.4) is 0 Å². The average molecular weight is 464 g/mol. The van der Waals surface area contributed by atoms with Crippen LogP contribution in [0.15, 0.2) is 64.0 Å². The lowest BCUT2D eigenvalue weighted by atomic mass is 10.1. The predicted molar refractivity (Wildman–Crippen MR) is 126 cm³/mol. The minimum absolute atomic E-state index is 0.0749. The van der Waals surface area contributed by atoms with Gasteiger partial charge in [0.1, 0.15) is 10.6 Å². The molecular weight excluding hydrogens is 438 g/mol. The summed E-state index contributed by atoms with van der Waals surface area (Å²) < 4.78 is 32.7. The Bertz CT molecular complexity index is 1370. The minimum atomic E-state index is -3.63. The summed E-state index contributed by atoms with van der Waals surface area (Å²) in [5.74, 6) is 0.880. The van der Waals surface area contributed by atoms with Gasteiger partial charge in [0.25, 0.3) is 0 Å². The van der Waals surface area contributed by atoms with Crippen molar-refractivity contribution < 1.29 is 12.9 Å². The molecule has 0 atom stereocenters. The van der Waals surface area contributed by atoms with E-state index in [9.17, 15) is 8.42 Å². The van der Waals surface area contributed by atoms with E-state index in [4.69, 9.17) is 14.5 Å². The number of nitrogens with one attached hydrogen (secondary N) is 1. The van der Waals surface area contributed by atoms with Crippen LogP contribution in [0.2, 0.25) is 0 Å². The highest BCUT2D eigenvalue weighted by Crippen LogP contribution is 2.29. The number of piperidine rings is 1. The summed E-state index contributed by atoms with van der Waals surface area (Å²) in [6.07, 6.45) is 1.30. The number of hydrogen-bond acceptors (Lipinski definition) is 7. The zero-order valence-corrected chi connectivity index (χ0v) is 19.3. The molecule has 4 aromatic rings. The average Bonchev–Trinajstić information content (AvgIpc) is 3.18. The van der Waals surface area contributed by atoms with Gasteiger partial charge in [-0.1, -0.05) is 53.7 Å². The monoisotopic (exact) mass is 463 g/mol. The Balaban J connectivity index is 1.36. The van der Waals surface area contributed by atoms with E-state index in [0.29, 0.717) is 43.3 Å². The topological polar surface area (TPSA) is 101 Å². The zero-order valence-electron chi connectivity index (χ0n) is 18.5. The number of aryl methyl sites for hydroxylation is 2. The minimum Gasteiger partial charge on any atom is -0.360 e. The van der Waals surface area contributed by atoms with Crippen molar-refractivity contribution in [2.75, 3.05) is 18.4 Å². The molecule has 0 aliphatic carbocycles. The fourth-order valence-electron chi connectivity index (χ4n) is 4.35. The maximum Gasteiger partial charge on any atom is 0.248 e. The van der Waals surface area contributed by atoms with Gasteiger partial charge in [-0.05, 0) is 32.8 Å². The highest BCUT2D eigenvalue weighted by molar-refractivity contribution is 7.89. The van der Waals surface area contributed by atoms with Gasteiger partial charge in [0.2, 0.25) is 16.0 Å². The van der Waals surface area contributed by atoms with Crippen LogP contribution < -0.4 is 5.32 Å². The fourth-order valence-corrected chi connectivity index (χ4v) is 6.11. The van der Waals surface area contributed by atoms with E-state index < -0.39 is 10.0 Å². The second-order valence-electron chi connectivity index (χ2n) is 8.25. The molecular formula is C24H25N5O3S. The molecule has 0 unspecified atom stereocenters. The first-order valence-electron chi connectivity index (χ1n) is 11.0. The van der Waals surface area contributed by atoms with Crippen molar-refractivity contribution in [2.45, 2.75) is 37.6 Å². The van der Waals surface area contributed by atoms with Gasteiger partial charge in [0.15, 0.2) is 5.76 Å². The van der Waals surface area contributed by atoms with Crippen LogP contribution in [0, 0.1) is 13.8 Å². The summed E-state index contributed by atoms with van der Waals surface area (Å²) in [7, 11) is -3.63. The molecule has 3 heterocycles. The largest absolute Gasteiger partial charge is 0.360 e. The zero-order chi connectivity index (χ0) is 23.0. The molecule has 1 fully saturated rings. The number of sulfonamides is 1. The van der Waals surface area contributed by atoms with Crippen molar-refractivity contribution in [3.8, 4) is 11.3 Å². The number of fused-ring (bicyclic) bond motifs is 1. The van der Waals surface area contributed by atoms with Crippen molar-refractivity contribution in [3.05, 3.63) is 66.1 Å². The summed E-state index contributed by atoms with van der Waals surface area (Å²) in [6.45, 7) is 4.09. The van der Waals surface area contributed by atoms with E-state index in [-0.39, 0.29) is 10.9 Å². The van der Waals surface area contributed by atoms with E-state index in [2.05, 4.69) is 10.5 Å². The summed E-state index contributed by atoms with van der Waals surface area (Å²) in [6, 6.07) is 18.1. The maximum atomic E-state index is 13.1. The van der Waals surface area contributed by atoms with Crippen LogP contribution in [-0.4, -0.2) is 47.0 Å². The van der Waals surface area contributed by atoms with Crippen LogP contribution in [0.5, 0.6) is 0 Å². The van der Waals surface area contributed by atoms with Gasteiger partial charge in [-0.15, -0.1) is 0 Å². The fraction of sp³-hybridized carbons (Fsp3) is 0.292. The quantitative estimate of drug-likeness (QED) is 0.474. The SMILES string of the molecule is Cc1noc(C)c1S(=O)(=O)N1CCC(Nc2nc(-c3ccccc3)c3ccccc3n2)CC1. The summed E-state index contributed by atoms with van der Waals surface area (Å²) >= 11 is 0. The first kappa shape index (κ1) is 21.5. The first-order valence-corrected chi connectivity index (χ1v) is 12.4. The predicted octanol–water partition coefficient (Wildman–Crippen LogP) is 4.17. The lowest BCUT2D eigenvalue weighted by molar-refractivity contribution is 0.328. The molecule has 1 N–H and O–H groups in total. The molecule has 1 aliphatic rings. The molecule has 2 aromatic carbocycles. The lowest BCUT2D eigenvalue weighted by Crippen LogP contribution is -2.42. The van der Waals surface area contributed by atoms with Crippen LogP contribution in [0.1, 0.15) is 24.3 Å². The number of nitrogens with zero attached hydrogens (tertiary/aromatic N) is 4. The van der Waals surface area contributed by atoms with Crippen molar-refractivity contribution >= 4 is 26.9 Å². The first-order chi connectivity index (χ1) is 15.9. The molecule has 5 rings (SSSR count). The van der Waals surface area contributed by atoms with Crippen LogP contribution >= 0.6 is 0 Å². The van der Waals surface area contributed by atoms with E-state index in [1.807, 2.05) is 54.6 Å². The Labute approximate surface area is 192 Å². The smallest absolute Gasteiger partial charge is 0.248 e. The van der Waals surface area contributed by atoms with Gasteiger partial charge in [0.05, 0.1) is 11.2 Å². The Hall–Kier alpha value is -3.30. The number of para-hydroxylation sites is 1. The van der Waals surface area contributed by atoms with Crippen molar-refractivity contribution in [3.63, 3.8) is 0 Å². The van der Waals surface area contributed by atoms with Crippen molar-refractivity contribution in [2.24, 2.45) is 0 Å². The normalized spacial score (nSPS) is 15.7. The molecule has 0 amide bonds. The molecule has 170 valence electrons. The van der Waals surface area contributed by atoms with Crippen molar-refractivity contribution in [1.82, 2.24) is 19.4 Å². The standard InChI is InChI=1S/C24H25N5O3S/c1-16-23(17(2)32-28-16)33(30,31)29-14-12-19(13-15-29)25-24-26-21-11-7-6-10-20(21)22(27-24)18-8-4-3-5-9-18/h3-11,19H,12-15H2,1-2H3,(H,25,26,27). The molecule has 0 spiro atoms. The molecule has 2 aromatic heterocycles. The summed E-state index contributed by atoms with van der Waals surface area (Å²) in [4.78, 5) is 9.71. The highest BCUT2D eigenvalue weighted by Gasteiger charge is 2.34. The van der Waals surface area contributed by atoms with Crippen molar-refractivity contribution in [1.29, 1.82) is 0 Å². The highest BCUT2D eigenvalue weighted by atomic mass is 32.2. The second-order valence-corrected chi connectivity index (χ2v) is 10.1. The molecule has 0 radical (unpaired) electrons. The third-order valence-electron chi connectivity index (χ3n) is 6.00. The van der Waals surface area contributed by atoms with E-state index in [1.165, 1.54) is 4.31 Å². The molecule has 8 nitrogen and oxygen atoms in total. The van der Waals surface area contributed by atoms with Gasteiger partial charge >= 0.3 is 0 Å². The Morgan fingerprint density at radius 1 is 0.970 bits per heavy atom. The van der Waals surface area contributed by atoms with Gasteiger partial charge in [-0.25, -0.2) is 18.4 Å². The number of anilines is 1. The Morgan fingerprint density at radius 3 is 2.36 bits per heavy atom. The number of benzene rings is 2. The van der Waals surface area contributed by atoms with E-state index in [0.717, 1.165) is 22.2 Å². The molecule has 1 aliphatic heterocycles. The van der Waals surface area contributed by atoms with Crippen LogP contribution in [0.25, 0.3) is 22.2 Å². The number of aromatic nitrogens is 3. The molecule has 1 saturated heterocycles. The maximum absolute atomic E-state index is 13.1. The van der Waals surface area contributed by atoms with Gasteiger partial charge in [0, 0.05) is 30.1 Å². The van der Waals surface area contributed by atoms with Gasteiger partial charge in [-0.3, -0.25) is 0 Å². The molecule has 0 bridgehead atoms. The van der Waals surface area contributed by atoms with Crippen LogP contribution in [0.4, 0.5) is 5.95 Å². The van der Waals surface area contributed by atoms with E-state index >= 15 is 0 Å².